The van der Waals surface area contributed by atoms with Crippen molar-refractivity contribution < 1.29 is 17.9 Å². The van der Waals surface area contributed by atoms with Gasteiger partial charge < -0.3 is 9.64 Å². The van der Waals surface area contributed by atoms with Crippen molar-refractivity contribution in [2.45, 2.75) is 56.1 Å². The van der Waals surface area contributed by atoms with Gasteiger partial charge in [0.15, 0.2) is 0 Å². The molecule has 0 aliphatic carbocycles. The number of sulfonamides is 1. The number of aryl methyl sites for hydroxylation is 1. The second-order valence-corrected chi connectivity index (χ2v) is 10.6. The maximum Gasteiger partial charge on any atom is 0.243 e. The zero-order chi connectivity index (χ0) is 21.1. The Morgan fingerprint density at radius 1 is 1.00 bits per heavy atom. The molecule has 1 aromatic carbocycles. The topological polar surface area (TPSA) is 70.2 Å². The molecule has 3 aliphatic heterocycles. The number of piperazine rings is 1. The lowest BCUT2D eigenvalue weighted by Crippen LogP contribution is -2.57. The number of hydrogen-bond acceptors (Lipinski definition) is 5. The summed E-state index contributed by atoms with van der Waals surface area (Å²) in [6.45, 7) is 7.08. The summed E-state index contributed by atoms with van der Waals surface area (Å²) in [6, 6.07) is 6.31. The molecular weight excluding hydrogens is 402 g/mol. The molecule has 0 bridgehead atoms. The summed E-state index contributed by atoms with van der Waals surface area (Å²) in [7, 11) is -3.68. The van der Waals surface area contributed by atoms with Crippen LogP contribution in [0.2, 0.25) is 0 Å². The van der Waals surface area contributed by atoms with Crippen molar-refractivity contribution in [1.82, 2.24) is 14.1 Å². The van der Waals surface area contributed by atoms with Gasteiger partial charge in [-0.05, 0) is 44.7 Å². The number of carbonyl (C=O) groups is 1. The van der Waals surface area contributed by atoms with Gasteiger partial charge in [-0.25, -0.2) is 8.42 Å². The van der Waals surface area contributed by atoms with E-state index in [9.17, 15) is 13.2 Å². The van der Waals surface area contributed by atoms with Gasteiger partial charge in [-0.3, -0.25) is 9.69 Å². The van der Waals surface area contributed by atoms with E-state index >= 15 is 0 Å². The van der Waals surface area contributed by atoms with Gasteiger partial charge in [-0.2, -0.15) is 4.31 Å². The SMILES string of the molecule is Cc1ccc(S(=O)(=O)N2CCCCC2C(=O)N2CCN(CC3CCCO3)CC2)cc1. The number of piperidine rings is 1. The summed E-state index contributed by atoms with van der Waals surface area (Å²) in [5, 5.41) is 0. The fraction of sp³-hybridized carbons (Fsp3) is 0.682. The molecule has 0 saturated carbocycles. The third-order valence-electron chi connectivity index (χ3n) is 6.54. The minimum atomic E-state index is -3.68. The van der Waals surface area contributed by atoms with Gasteiger partial charge in [0.05, 0.1) is 11.0 Å². The van der Waals surface area contributed by atoms with Crippen LogP contribution in [0.5, 0.6) is 0 Å². The first-order valence-electron chi connectivity index (χ1n) is 11.2. The molecule has 2 atom stereocenters. The normalized spacial score (nSPS) is 26.8. The van der Waals surface area contributed by atoms with Gasteiger partial charge in [-0.15, -0.1) is 0 Å². The van der Waals surface area contributed by atoms with E-state index in [4.69, 9.17) is 4.74 Å². The van der Waals surface area contributed by atoms with Crippen LogP contribution in [0.25, 0.3) is 0 Å². The molecule has 1 aromatic rings. The van der Waals surface area contributed by atoms with E-state index in [1.54, 1.807) is 24.3 Å². The van der Waals surface area contributed by atoms with Crippen LogP contribution < -0.4 is 0 Å². The van der Waals surface area contributed by atoms with Gasteiger partial charge in [0.25, 0.3) is 0 Å². The van der Waals surface area contributed by atoms with E-state index in [1.807, 2.05) is 11.8 Å². The number of hydrogen-bond donors (Lipinski definition) is 0. The molecule has 3 aliphatic rings. The Hall–Kier alpha value is -1.48. The van der Waals surface area contributed by atoms with Crippen molar-refractivity contribution >= 4 is 15.9 Å². The summed E-state index contributed by atoms with van der Waals surface area (Å²) in [5.74, 6) is -0.0397. The standard InChI is InChI=1S/C22H33N3O4S/c1-18-7-9-20(10-8-18)30(27,28)25-11-3-2-6-21(25)22(26)24-14-12-23(13-15-24)17-19-5-4-16-29-19/h7-10,19,21H,2-6,11-17H2,1H3. The number of carbonyl (C=O) groups excluding carboxylic acids is 1. The average Bonchev–Trinajstić information content (AvgIpc) is 3.27. The first kappa shape index (κ1) is 21.7. The fourth-order valence-electron chi connectivity index (χ4n) is 4.72. The zero-order valence-electron chi connectivity index (χ0n) is 17.8. The van der Waals surface area contributed by atoms with Crippen LogP contribution >= 0.6 is 0 Å². The third kappa shape index (κ3) is 4.72. The highest BCUT2D eigenvalue weighted by Gasteiger charge is 2.40. The van der Waals surface area contributed by atoms with Crippen LogP contribution in [-0.2, 0) is 19.6 Å². The predicted octanol–water partition coefficient (Wildman–Crippen LogP) is 1.86. The Kier molecular flexibility index (Phi) is 6.77. The average molecular weight is 436 g/mol. The largest absolute Gasteiger partial charge is 0.377 e. The molecule has 7 nitrogen and oxygen atoms in total. The minimum Gasteiger partial charge on any atom is -0.377 e. The lowest BCUT2D eigenvalue weighted by Gasteiger charge is -2.40. The first-order chi connectivity index (χ1) is 14.4. The summed E-state index contributed by atoms with van der Waals surface area (Å²) in [5.41, 5.74) is 1.01. The molecule has 3 heterocycles. The predicted molar refractivity (Wildman–Crippen MR) is 115 cm³/mol. The first-order valence-corrected chi connectivity index (χ1v) is 12.6. The smallest absolute Gasteiger partial charge is 0.243 e. The zero-order valence-corrected chi connectivity index (χ0v) is 18.6. The molecule has 0 aromatic heterocycles. The van der Waals surface area contributed by atoms with Crippen LogP contribution in [0, 0.1) is 6.92 Å². The molecule has 0 N–H and O–H groups in total. The van der Waals surface area contributed by atoms with E-state index in [-0.39, 0.29) is 10.8 Å². The molecule has 3 fully saturated rings. The molecule has 2 unspecified atom stereocenters. The van der Waals surface area contributed by atoms with Gasteiger partial charge in [0.1, 0.15) is 6.04 Å². The molecule has 0 spiro atoms. The van der Waals surface area contributed by atoms with Crippen LogP contribution in [-0.4, -0.2) is 86.5 Å². The quantitative estimate of drug-likeness (QED) is 0.706. The summed E-state index contributed by atoms with van der Waals surface area (Å²) in [6.07, 6.45) is 4.85. The summed E-state index contributed by atoms with van der Waals surface area (Å²) in [4.78, 5) is 17.8. The number of rotatable bonds is 5. The highest BCUT2D eigenvalue weighted by atomic mass is 32.2. The van der Waals surface area contributed by atoms with Crippen molar-refractivity contribution in [3.05, 3.63) is 29.8 Å². The molecule has 30 heavy (non-hydrogen) atoms. The molecule has 1 amide bonds. The van der Waals surface area contributed by atoms with Crippen LogP contribution in [0.15, 0.2) is 29.2 Å². The van der Waals surface area contributed by atoms with Crippen LogP contribution in [0.1, 0.15) is 37.7 Å². The third-order valence-corrected chi connectivity index (χ3v) is 8.46. The second kappa shape index (κ2) is 9.34. The number of amides is 1. The van der Waals surface area contributed by atoms with E-state index in [0.29, 0.717) is 32.2 Å². The van der Waals surface area contributed by atoms with Crippen molar-refractivity contribution in [2.24, 2.45) is 0 Å². The molecule has 8 heteroatoms. The second-order valence-electron chi connectivity index (χ2n) is 8.70. The maximum absolute atomic E-state index is 13.3. The van der Waals surface area contributed by atoms with Gasteiger partial charge in [-0.1, -0.05) is 24.1 Å². The lowest BCUT2D eigenvalue weighted by molar-refractivity contribution is -0.138. The van der Waals surface area contributed by atoms with Gasteiger partial charge >= 0.3 is 0 Å². The monoisotopic (exact) mass is 435 g/mol. The Labute approximate surface area is 180 Å². The highest BCUT2D eigenvalue weighted by molar-refractivity contribution is 7.89. The maximum atomic E-state index is 13.3. The summed E-state index contributed by atoms with van der Waals surface area (Å²) >= 11 is 0. The minimum absolute atomic E-state index is 0.0397. The highest BCUT2D eigenvalue weighted by Crippen LogP contribution is 2.27. The van der Waals surface area contributed by atoms with Crippen molar-refractivity contribution in [2.75, 3.05) is 45.9 Å². The Morgan fingerprint density at radius 2 is 1.73 bits per heavy atom. The van der Waals surface area contributed by atoms with Crippen molar-refractivity contribution in [3.8, 4) is 0 Å². The Bertz CT molecular complexity index is 828. The molecular formula is C22H33N3O4S. The fourth-order valence-corrected chi connectivity index (χ4v) is 6.37. The number of benzene rings is 1. The van der Waals surface area contributed by atoms with E-state index < -0.39 is 16.1 Å². The van der Waals surface area contributed by atoms with Crippen molar-refractivity contribution in [1.29, 1.82) is 0 Å². The molecule has 166 valence electrons. The van der Waals surface area contributed by atoms with E-state index in [0.717, 1.165) is 57.5 Å². The van der Waals surface area contributed by atoms with E-state index in [1.165, 1.54) is 4.31 Å². The molecule has 0 radical (unpaired) electrons. The van der Waals surface area contributed by atoms with Crippen molar-refractivity contribution in [3.63, 3.8) is 0 Å². The molecule has 4 rings (SSSR count). The van der Waals surface area contributed by atoms with Gasteiger partial charge in [0, 0.05) is 45.9 Å². The van der Waals surface area contributed by atoms with Crippen LogP contribution in [0.4, 0.5) is 0 Å². The Balaban J connectivity index is 1.41. The summed E-state index contributed by atoms with van der Waals surface area (Å²) < 4.78 is 33.7. The van der Waals surface area contributed by atoms with Crippen LogP contribution in [0.3, 0.4) is 0 Å². The van der Waals surface area contributed by atoms with Gasteiger partial charge in [0.2, 0.25) is 15.9 Å². The number of ether oxygens (including phenoxy) is 1. The number of nitrogens with zero attached hydrogens (tertiary/aromatic N) is 3. The molecule has 3 saturated heterocycles. The van der Waals surface area contributed by atoms with E-state index in [2.05, 4.69) is 4.90 Å². The lowest BCUT2D eigenvalue weighted by atomic mass is 10.0. The Morgan fingerprint density at radius 3 is 2.40 bits per heavy atom.